The molecule has 3 aliphatic heterocycles. The van der Waals surface area contributed by atoms with Crippen molar-refractivity contribution >= 4 is 11.0 Å². The number of aliphatic hydroxyl groups excluding tert-OH is 10. The van der Waals surface area contributed by atoms with Crippen LogP contribution in [-0.2, 0) is 18.9 Å². The lowest BCUT2D eigenvalue weighted by atomic mass is 9.89. The Morgan fingerprint density at radius 2 is 1.35 bits per heavy atom. The first-order valence-electron chi connectivity index (χ1n) is 15.8. The summed E-state index contributed by atoms with van der Waals surface area (Å²) in [6, 6.07) is 7.72. The van der Waals surface area contributed by atoms with E-state index in [-0.39, 0.29) is 17.1 Å². The van der Waals surface area contributed by atoms with Crippen LogP contribution in [0.4, 0.5) is 0 Å². The maximum Gasteiger partial charge on any atom is 0.229 e. The minimum atomic E-state index is -1.90. The van der Waals surface area contributed by atoms with Crippen LogP contribution < -0.4 is 10.2 Å². The third-order valence-electron chi connectivity index (χ3n) is 9.15. The van der Waals surface area contributed by atoms with Crippen LogP contribution in [0.25, 0.3) is 22.3 Å². The molecule has 3 saturated heterocycles. The van der Waals surface area contributed by atoms with E-state index >= 15 is 0 Å². The molecular formula is C32H38O19. The summed E-state index contributed by atoms with van der Waals surface area (Å²) in [6.07, 6.45) is -22.9. The number of ether oxygens (including phenoxy) is 5. The van der Waals surface area contributed by atoms with Gasteiger partial charge in [0.1, 0.15) is 107 Å². The fourth-order valence-electron chi connectivity index (χ4n) is 6.25. The first kappa shape index (κ1) is 37.3. The van der Waals surface area contributed by atoms with Crippen molar-refractivity contribution in [2.75, 3.05) is 19.8 Å². The topological polar surface area (TPSA) is 319 Å². The van der Waals surface area contributed by atoms with Gasteiger partial charge >= 0.3 is 0 Å². The number of benzene rings is 2. The second kappa shape index (κ2) is 14.8. The Kier molecular flexibility index (Phi) is 10.8. The molecular weight excluding hydrogens is 688 g/mol. The average molecular weight is 727 g/mol. The Morgan fingerprint density at radius 3 is 2.02 bits per heavy atom. The Balaban J connectivity index is 1.29. The summed E-state index contributed by atoms with van der Waals surface area (Å²) in [5.74, 6) is -1.51. The van der Waals surface area contributed by atoms with E-state index in [9.17, 15) is 66.1 Å². The molecule has 19 nitrogen and oxygen atoms in total. The highest BCUT2D eigenvalue weighted by Crippen LogP contribution is 2.46. The average Bonchev–Trinajstić information content (AvgIpc) is 3.11. The first-order valence-corrected chi connectivity index (χ1v) is 15.8. The van der Waals surface area contributed by atoms with Gasteiger partial charge in [0.15, 0.2) is 11.7 Å². The van der Waals surface area contributed by atoms with Gasteiger partial charge in [0.2, 0.25) is 6.29 Å². The van der Waals surface area contributed by atoms with Crippen LogP contribution in [0.15, 0.2) is 45.6 Å². The molecule has 0 saturated carbocycles. The molecule has 12 N–H and O–H groups in total. The van der Waals surface area contributed by atoms with Crippen molar-refractivity contribution in [1.29, 1.82) is 0 Å². The van der Waals surface area contributed by atoms with Crippen molar-refractivity contribution in [2.24, 2.45) is 0 Å². The number of phenolic OH excluding ortho intramolecular Hbond substituents is 2. The molecule has 14 atom stereocenters. The van der Waals surface area contributed by atoms with Crippen LogP contribution in [0.3, 0.4) is 0 Å². The highest BCUT2D eigenvalue weighted by Gasteiger charge is 2.51. The third kappa shape index (κ3) is 6.90. The van der Waals surface area contributed by atoms with E-state index in [0.717, 1.165) is 12.1 Å². The van der Waals surface area contributed by atoms with Crippen molar-refractivity contribution in [1.82, 2.24) is 0 Å². The molecule has 0 aliphatic carbocycles. The summed E-state index contributed by atoms with van der Waals surface area (Å²) >= 11 is 0. The van der Waals surface area contributed by atoms with Gasteiger partial charge in [0, 0.05) is 17.7 Å². The molecule has 280 valence electrons. The Bertz CT molecular complexity index is 1730. The molecule has 19 heteroatoms. The van der Waals surface area contributed by atoms with E-state index in [1.807, 2.05) is 0 Å². The highest BCUT2D eigenvalue weighted by molar-refractivity contribution is 5.88. The van der Waals surface area contributed by atoms with Crippen molar-refractivity contribution < 1.29 is 89.4 Å². The van der Waals surface area contributed by atoms with Gasteiger partial charge in [0.05, 0.1) is 25.4 Å². The van der Waals surface area contributed by atoms with Gasteiger partial charge < -0.3 is 89.4 Å². The van der Waals surface area contributed by atoms with Crippen molar-refractivity contribution in [3.63, 3.8) is 0 Å². The minimum absolute atomic E-state index is 0.0309. The lowest BCUT2D eigenvalue weighted by molar-refractivity contribution is -0.325. The quantitative estimate of drug-likeness (QED) is 0.105. The fraction of sp³-hybridized carbons (Fsp3) is 0.531. The van der Waals surface area contributed by atoms with Gasteiger partial charge in [0.25, 0.3) is 0 Å². The predicted molar refractivity (Wildman–Crippen MR) is 165 cm³/mol. The smallest absolute Gasteiger partial charge is 0.229 e. The molecule has 3 fully saturated rings. The minimum Gasteiger partial charge on any atom is -0.507 e. The number of aliphatic hydroxyl groups is 10. The van der Waals surface area contributed by atoms with E-state index in [0.29, 0.717) is 5.56 Å². The molecule has 2 aromatic carbocycles. The summed E-state index contributed by atoms with van der Waals surface area (Å²) in [6.45, 7) is -1.96. The van der Waals surface area contributed by atoms with Crippen LogP contribution in [0.1, 0.15) is 11.7 Å². The summed E-state index contributed by atoms with van der Waals surface area (Å²) in [5.41, 5.74) is -1.31. The second-order valence-electron chi connectivity index (χ2n) is 12.5. The Labute approximate surface area is 286 Å². The first-order chi connectivity index (χ1) is 24.2. The zero-order valence-electron chi connectivity index (χ0n) is 26.4. The molecule has 51 heavy (non-hydrogen) atoms. The molecule has 0 bridgehead atoms. The normalized spacial score (nSPS) is 37.4. The van der Waals surface area contributed by atoms with Crippen molar-refractivity contribution in [2.45, 2.75) is 85.8 Å². The summed E-state index contributed by atoms with van der Waals surface area (Å²) in [5, 5.41) is 123. The number of hydrogen-bond donors (Lipinski definition) is 12. The number of fused-ring (bicyclic) bond motifs is 1. The van der Waals surface area contributed by atoms with E-state index in [1.165, 1.54) is 24.3 Å². The summed E-state index contributed by atoms with van der Waals surface area (Å²) < 4.78 is 33.4. The molecule has 3 aromatic rings. The predicted octanol–water partition coefficient (Wildman–Crippen LogP) is -3.97. The molecule has 0 spiro atoms. The van der Waals surface area contributed by atoms with E-state index in [4.69, 9.17) is 28.1 Å². The molecule has 6 rings (SSSR count). The molecule has 3 aliphatic rings. The van der Waals surface area contributed by atoms with E-state index in [2.05, 4.69) is 0 Å². The van der Waals surface area contributed by atoms with Gasteiger partial charge in [-0.3, -0.25) is 4.79 Å². The summed E-state index contributed by atoms with van der Waals surface area (Å²) in [4.78, 5) is 13.4. The lowest BCUT2D eigenvalue weighted by Crippen LogP contribution is -2.60. The lowest BCUT2D eigenvalue weighted by Gasteiger charge is -2.45. The molecule has 4 heterocycles. The maximum atomic E-state index is 13.4. The van der Waals surface area contributed by atoms with Gasteiger partial charge in [-0.05, 0) is 24.3 Å². The van der Waals surface area contributed by atoms with E-state index in [1.54, 1.807) is 0 Å². The van der Waals surface area contributed by atoms with Gasteiger partial charge in [-0.1, -0.05) is 0 Å². The van der Waals surface area contributed by atoms with Gasteiger partial charge in [-0.2, -0.15) is 0 Å². The third-order valence-corrected chi connectivity index (χ3v) is 9.15. The number of phenols is 2. The van der Waals surface area contributed by atoms with Crippen molar-refractivity contribution in [3.8, 4) is 28.6 Å². The van der Waals surface area contributed by atoms with Crippen LogP contribution in [-0.4, -0.2) is 161 Å². The Hall–Kier alpha value is -3.51. The number of rotatable bonds is 8. The fourth-order valence-corrected chi connectivity index (χ4v) is 6.25. The Morgan fingerprint density at radius 1 is 0.725 bits per heavy atom. The molecule has 0 unspecified atom stereocenters. The van der Waals surface area contributed by atoms with Gasteiger partial charge in [-0.25, -0.2) is 0 Å². The maximum absolute atomic E-state index is 13.4. The van der Waals surface area contributed by atoms with Crippen LogP contribution in [0, 0.1) is 0 Å². The molecule has 0 amide bonds. The standard InChI is InChI=1S/C32H38O19/c33-7-17-23(40)26(43)30(51-31-27(44)21(38)14(37)9-46-31)29(49-17)20-13(36)6-16-19(24(20)41)12(35)5-15(48-16)10-1-3-11(4-2-10)47-32-28(45)25(42)22(39)18(8-34)50-32/h1-6,14,17-18,21-23,25-34,36-45H,7-9H2/t14-,17+,18+,21-,22+,23+,25-,26-,27+,28+,29+,30+,31-,32+/m0/s1. The largest absolute Gasteiger partial charge is 0.507 e. The number of aromatic hydroxyl groups is 2. The zero-order valence-corrected chi connectivity index (χ0v) is 26.4. The summed E-state index contributed by atoms with van der Waals surface area (Å²) in [7, 11) is 0. The monoisotopic (exact) mass is 726 g/mol. The van der Waals surface area contributed by atoms with Crippen molar-refractivity contribution in [3.05, 3.63) is 52.2 Å². The van der Waals surface area contributed by atoms with Crippen LogP contribution in [0.5, 0.6) is 17.2 Å². The van der Waals surface area contributed by atoms with Crippen LogP contribution in [0.2, 0.25) is 0 Å². The van der Waals surface area contributed by atoms with Gasteiger partial charge in [-0.15, -0.1) is 0 Å². The zero-order chi connectivity index (χ0) is 36.9. The molecule has 0 radical (unpaired) electrons. The highest BCUT2D eigenvalue weighted by atomic mass is 16.7. The molecule has 1 aromatic heterocycles. The van der Waals surface area contributed by atoms with E-state index < -0.39 is 134 Å². The van der Waals surface area contributed by atoms with Crippen LogP contribution >= 0.6 is 0 Å². The SMILES string of the molecule is O=c1cc(-c2ccc(O[C@@H]3O[C@H](CO)[C@@H](O)[C@H](O)[C@H]3O)cc2)oc2cc(O)c([C@H]3O[C@H](CO)[C@@H](O)[C@H](O)[C@H]3O[C@@H]3OC[C@H](O)[C@H](O)[C@H]3O)c(O)c12. The number of hydrogen-bond acceptors (Lipinski definition) is 19. The second-order valence-corrected chi connectivity index (χ2v) is 12.5.